The van der Waals surface area contributed by atoms with Gasteiger partial charge in [-0.3, -0.25) is 9.59 Å². The lowest BCUT2D eigenvalue weighted by Gasteiger charge is -2.04. The number of hydrogen-bond donors (Lipinski definition) is 1. The van der Waals surface area contributed by atoms with Crippen molar-refractivity contribution in [2.24, 2.45) is 0 Å². The van der Waals surface area contributed by atoms with E-state index in [1.54, 1.807) is 0 Å². The van der Waals surface area contributed by atoms with Crippen molar-refractivity contribution in [1.82, 2.24) is 0 Å². The van der Waals surface area contributed by atoms with E-state index in [-0.39, 0.29) is 5.97 Å². The van der Waals surface area contributed by atoms with E-state index in [0.29, 0.717) is 19.4 Å². The highest BCUT2D eigenvalue weighted by atomic mass is 16.5. The monoisotopic (exact) mass is 569 g/mol. The molecular formula is C36H72O4. The van der Waals surface area contributed by atoms with Crippen LogP contribution in [0.4, 0.5) is 0 Å². The predicted molar refractivity (Wildman–Crippen MR) is 174 cm³/mol. The van der Waals surface area contributed by atoms with Crippen LogP contribution in [-0.4, -0.2) is 23.7 Å². The van der Waals surface area contributed by atoms with Crippen molar-refractivity contribution < 1.29 is 19.4 Å². The average molecular weight is 569 g/mol. The van der Waals surface area contributed by atoms with Crippen LogP contribution in [0.5, 0.6) is 0 Å². The Morgan fingerprint density at radius 1 is 0.400 bits per heavy atom. The van der Waals surface area contributed by atoms with E-state index < -0.39 is 5.97 Å². The SMILES string of the molecule is CCCCCCCCCCCCCC(=O)O.CCCCCCCCCCCCCCCCCC(=O)OCCCC. The molecule has 4 nitrogen and oxygen atoms in total. The fraction of sp³-hybridized carbons (Fsp3) is 0.944. The first-order valence-electron chi connectivity index (χ1n) is 18.0. The van der Waals surface area contributed by atoms with Crippen LogP contribution in [0.3, 0.4) is 0 Å². The van der Waals surface area contributed by atoms with Crippen LogP contribution >= 0.6 is 0 Å². The van der Waals surface area contributed by atoms with Crippen LogP contribution in [0, 0.1) is 0 Å². The second-order valence-corrected chi connectivity index (χ2v) is 12.0. The Balaban J connectivity index is 0. The Hall–Kier alpha value is -1.06. The summed E-state index contributed by atoms with van der Waals surface area (Å²) in [5.41, 5.74) is 0. The van der Waals surface area contributed by atoms with Gasteiger partial charge in [0.25, 0.3) is 0 Å². The van der Waals surface area contributed by atoms with Crippen LogP contribution in [-0.2, 0) is 14.3 Å². The standard InChI is InChI=1S/C22H44O2.C14H28O2/c1-3-5-7-8-9-10-11-12-13-14-15-16-17-18-19-20-22(23)24-21-6-4-2;1-2-3-4-5-6-7-8-9-10-11-12-13-14(15)16/h3-21H2,1-2H3;2-13H2,1H3,(H,15,16). The van der Waals surface area contributed by atoms with E-state index >= 15 is 0 Å². The van der Waals surface area contributed by atoms with Crippen LogP contribution < -0.4 is 0 Å². The van der Waals surface area contributed by atoms with E-state index in [9.17, 15) is 9.59 Å². The summed E-state index contributed by atoms with van der Waals surface area (Å²) in [5.74, 6) is -0.658. The Morgan fingerprint density at radius 3 is 0.975 bits per heavy atom. The lowest BCUT2D eigenvalue weighted by molar-refractivity contribution is -0.144. The van der Waals surface area contributed by atoms with E-state index in [0.717, 1.165) is 32.1 Å². The summed E-state index contributed by atoms with van der Waals surface area (Å²) < 4.78 is 5.16. The molecule has 0 saturated heterocycles. The largest absolute Gasteiger partial charge is 0.481 e. The minimum absolute atomic E-state index is 0.00172. The highest BCUT2D eigenvalue weighted by Gasteiger charge is 2.02. The zero-order valence-electron chi connectivity index (χ0n) is 27.6. The van der Waals surface area contributed by atoms with Gasteiger partial charge in [-0.25, -0.2) is 0 Å². The molecule has 0 aromatic heterocycles. The number of hydrogen-bond acceptors (Lipinski definition) is 3. The summed E-state index contributed by atoms with van der Waals surface area (Å²) >= 11 is 0. The molecule has 0 unspecified atom stereocenters. The predicted octanol–water partition coefficient (Wildman–Crippen LogP) is 12.4. The van der Waals surface area contributed by atoms with Crippen LogP contribution in [0.2, 0.25) is 0 Å². The van der Waals surface area contributed by atoms with Gasteiger partial charge in [0.15, 0.2) is 0 Å². The minimum Gasteiger partial charge on any atom is -0.481 e. The number of carbonyl (C=O) groups is 2. The van der Waals surface area contributed by atoms with Gasteiger partial charge in [-0.1, -0.05) is 181 Å². The molecule has 0 bridgehead atoms. The summed E-state index contributed by atoms with van der Waals surface area (Å²) in [6.07, 6.45) is 37.4. The van der Waals surface area contributed by atoms with Crippen LogP contribution in [0.15, 0.2) is 0 Å². The third-order valence-electron chi connectivity index (χ3n) is 7.74. The lowest BCUT2D eigenvalue weighted by atomic mass is 10.0. The molecule has 0 rings (SSSR count). The molecule has 0 amide bonds. The number of unbranched alkanes of at least 4 members (excludes halogenated alkanes) is 25. The maximum Gasteiger partial charge on any atom is 0.305 e. The molecule has 0 aliphatic rings. The maximum absolute atomic E-state index is 11.4. The fourth-order valence-corrected chi connectivity index (χ4v) is 4.98. The summed E-state index contributed by atoms with van der Waals surface area (Å²) in [4.78, 5) is 21.7. The summed E-state index contributed by atoms with van der Waals surface area (Å²) in [7, 11) is 0. The summed E-state index contributed by atoms with van der Waals surface area (Å²) in [6.45, 7) is 7.25. The number of carboxylic acid groups (broad SMARTS) is 1. The Morgan fingerprint density at radius 2 is 0.675 bits per heavy atom. The smallest absolute Gasteiger partial charge is 0.305 e. The van der Waals surface area contributed by atoms with Gasteiger partial charge in [0, 0.05) is 12.8 Å². The Bertz CT molecular complexity index is 491. The quantitative estimate of drug-likeness (QED) is 0.0667. The lowest BCUT2D eigenvalue weighted by Crippen LogP contribution is -2.05. The van der Waals surface area contributed by atoms with Crippen molar-refractivity contribution in [1.29, 1.82) is 0 Å². The van der Waals surface area contributed by atoms with Gasteiger partial charge in [0.1, 0.15) is 0 Å². The molecule has 0 atom stereocenters. The molecule has 0 aromatic carbocycles. The van der Waals surface area contributed by atoms with Gasteiger partial charge < -0.3 is 9.84 Å². The molecule has 0 aliphatic heterocycles. The van der Waals surface area contributed by atoms with Crippen molar-refractivity contribution in [3.8, 4) is 0 Å². The van der Waals surface area contributed by atoms with Crippen LogP contribution in [0.1, 0.15) is 213 Å². The molecule has 40 heavy (non-hydrogen) atoms. The van der Waals surface area contributed by atoms with Crippen LogP contribution in [0.25, 0.3) is 0 Å². The number of esters is 1. The maximum atomic E-state index is 11.4. The topological polar surface area (TPSA) is 63.6 Å². The number of carbonyl (C=O) groups excluding carboxylic acids is 1. The third kappa shape index (κ3) is 41.4. The zero-order valence-corrected chi connectivity index (χ0v) is 27.6. The first-order chi connectivity index (χ1) is 19.6. The molecule has 0 radical (unpaired) electrons. The van der Waals surface area contributed by atoms with E-state index in [1.807, 2.05) is 0 Å². The molecule has 4 heteroatoms. The molecule has 0 saturated carbocycles. The van der Waals surface area contributed by atoms with Gasteiger partial charge in [-0.05, 0) is 19.3 Å². The van der Waals surface area contributed by atoms with E-state index in [2.05, 4.69) is 20.8 Å². The van der Waals surface area contributed by atoms with Gasteiger partial charge in [-0.2, -0.15) is 0 Å². The first-order valence-corrected chi connectivity index (χ1v) is 18.0. The van der Waals surface area contributed by atoms with Crippen molar-refractivity contribution in [3.05, 3.63) is 0 Å². The molecule has 0 aromatic rings. The summed E-state index contributed by atoms with van der Waals surface area (Å²) in [6, 6.07) is 0. The van der Waals surface area contributed by atoms with Gasteiger partial charge >= 0.3 is 11.9 Å². The first kappa shape index (κ1) is 41.1. The van der Waals surface area contributed by atoms with Gasteiger partial charge in [0.2, 0.25) is 0 Å². The molecule has 1 N–H and O–H groups in total. The van der Waals surface area contributed by atoms with Gasteiger partial charge in [-0.15, -0.1) is 0 Å². The molecule has 0 fully saturated rings. The van der Waals surface area contributed by atoms with E-state index in [4.69, 9.17) is 9.84 Å². The second kappa shape index (κ2) is 37.9. The van der Waals surface area contributed by atoms with Gasteiger partial charge in [0.05, 0.1) is 6.61 Å². The molecular weight excluding hydrogens is 496 g/mol. The normalized spacial score (nSPS) is 10.8. The molecule has 0 spiro atoms. The van der Waals surface area contributed by atoms with Crippen molar-refractivity contribution in [3.63, 3.8) is 0 Å². The molecule has 0 heterocycles. The zero-order chi connectivity index (χ0) is 29.8. The Kier molecular flexibility index (Phi) is 39.0. The molecule has 0 aliphatic carbocycles. The highest BCUT2D eigenvalue weighted by Crippen LogP contribution is 2.14. The Labute approximate surface area is 251 Å². The highest BCUT2D eigenvalue weighted by molar-refractivity contribution is 5.69. The number of rotatable bonds is 31. The fourth-order valence-electron chi connectivity index (χ4n) is 4.98. The number of aliphatic carboxylic acids is 1. The summed E-state index contributed by atoms with van der Waals surface area (Å²) in [5, 5.41) is 8.46. The van der Waals surface area contributed by atoms with E-state index in [1.165, 1.54) is 148 Å². The van der Waals surface area contributed by atoms with Crippen molar-refractivity contribution >= 4 is 11.9 Å². The molecule has 240 valence electrons. The minimum atomic E-state index is -0.657. The van der Waals surface area contributed by atoms with Crippen molar-refractivity contribution in [2.75, 3.05) is 6.61 Å². The third-order valence-corrected chi connectivity index (χ3v) is 7.74. The van der Waals surface area contributed by atoms with Crippen molar-refractivity contribution in [2.45, 2.75) is 213 Å². The number of ether oxygens (including phenoxy) is 1. The number of carboxylic acids is 1. The second-order valence-electron chi connectivity index (χ2n) is 12.0. The average Bonchev–Trinajstić information content (AvgIpc) is 2.94.